The SMILES string of the molecule is O=S(=O)(Nc1ccc(-c2ccc(N3CCCCCC3)nn2)cc1)c1cc(F)ccc1F. The first kappa shape index (κ1) is 21.2. The van der Waals surface area contributed by atoms with Crippen LogP contribution in [0.5, 0.6) is 0 Å². The fraction of sp³-hybridized carbons (Fsp3) is 0.273. The van der Waals surface area contributed by atoms with Crippen LogP contribution in [0.25, 0.3) is 11.3 Å². The van der Waals surface area contributed by atoms with Crippen molar-refractivity contribution < 1.29 is 17.2 Å². The van der Waals surface area contributed by atoms with E-state index in [1.807, 2.05) is 12.1 Å². The maximum absolute atomic E-state index is 13.8. The summed E-state index contributed by atoms with van der Waals surface area (Å²) in [7, 11) is -4.26. The van der Waals surface area contributed by atoms with Gasteiger partial charge in [0.25, 0.3) is 10.0 Å². The molecule has 0 bridgehead atoms. The Morgan fingerprint density at radius 3 is 2.19 bits per heavy atom. The van der Waals surface area contributed by atoms with Crippen LogP contribution in [0.3, 0.4) is 0 Å². The van der Waals surface area contributed by atoms with E-state index in [2.05, 4.69) is 19.8 Å². The molecule has 1 aliphatic rings. The highest BCUT2D eigenvalue weighted by Crippen LogP contribution is 2.24. The van der Waals surface area contributed by atoms with Gasteiger partial charge in [0.1, 0.15) is 16.5 Å². The third-order valence-electron chi connectivity index (χ3n) is 5.20. The molecule has 1 aliphatic heterocycles. The molecule has 4 rings (SSSR count). The van der Waals surface area contributed by atoms with Crippen LogP contribution in [0.2, 0.25) is 0 Å². The number of rotatable bonds is 5. The molecule has 0 saturated carbocycles. The van der Waals surface area contributed by atoms with Crippen molar-refractivity contribution in [3.05, 3.63) is 66.2 Å². The number of hydrogen-bond acceptors (Lipinski definition) is 5. The minimum atomic E-state index is -4.26. The van der Waals surface area contributed by atoms with Gasteiger partial charge in [0, 0.05) is 24.3 Å². The van der Waals surface area contributed by atoms with Gasteiger partial charge in [-0.25, -0.2) is 17.2 Å². The summed E-state index contributed by atoms with van der Waals surface area (Å²) in [5.41, 5.74) is 1.64. The number of sulfonamides is 1. The maximum Gasteiger partial charge on any atom is 0.264 e. The van der Waals surface area contributed by atoms with Crippen LogP contribution in [0.4, 0.5) is 20.3 Å². The van der Waals surface area contributed by atoms with E-state index in [0.717, 1.165) is 49.4 Å². The molecule has 0 unspecified atom stereocenters. The van der Waals surface area contributed by atoms with Gasteiger partial charge in [-0.05, 0) is 55.3 Å². The quantitative estimate of drug-likeness (QED) is 0.622. The van der Waals surface area contributed by atoms with Crippen molar-refractivity contribution in [1.82, 2.24) is 10.2 Å². The summed E-state index contributed by atoms with van der Waals surface area (Å²) >= 11 is 0. The number of benzene rings is 2. The molecule has 1 N–H and O–H groups in total. The monoisotopic (exact) mass is 444 g/mol. The van der Waals surface area contributed by atoms with Gasteiger partial charge in [-0.3, -0.25) is 4.72 Å². The lowest BCUT2D eigenvalue weighted by Gasteiger charge is -2.20. The molecule has 6 nitrogen and oxygen atoms in total. The summed E-state index contributed by atoms with van der Waals surface area (Å²) in [6.07, 6.45) is 4.79. The standard InChI is InChI=1S/C22H22F2N4O2S/c23-17-7-10-19(24)21(15-17)31(29,30)27-18-8-5-16(6-9-18)20-11-12-22(26-25-20)28-13-3-1-2-4-14-28/h5-12,15,27H,1-4,13-14H2. The van der Waals surface area contributed by atoms with Gasteiger partial charge in [0.15, 0.2) is 5.82 Å². The topological polar surface area (TPSA) is 75.2 Å². The van der Waals surface area contributed by atoms with Gasteiger partial charge < -0.3 is 4.90 Å². The highest BCUT2D eigenvalue weighted by Gasteiger charge is 2.20. The Balaban J connectivity index is 1.48. The average molecular weight is 445 g/mol. The minimum absolute atomic E-state index is 0.224. The molecular formula is C22H22F2N4O2S. The summed E-state index contributed by atoms with van der Waals surface area (Å²) in [6, 6.07) is 12.6. The number of halogens is 2. The lowest BCUT2D eigenvalue weighted by Crippen LogP contribution is -2.25. The Labute approximate surface area is 180 Å². The van der Waals surface area contributed by atoms with Gasteiger partial charge in [0.05, 0.1) is 5.69 Å². The van der Waals surface area contributed by atoms with Crippen LogP contribution < -0.4 is 9.62 Å². The van der Waals surface area contributed by atoms with E-state index < -0.39 is 26.6 Å². The fourth-order valence-corrected chi connectivity index (χ4v) is 4.70. The molecule has 162 valence electrons. The summed E-state index contributed by atoms with van der Waals surface area (Å²) in [5.74, 6) is -1.00. The Morgan fingerprint density at radius 2 is 1.55 bits per heavy atom. The summed E-state index contributed by atoms with van der Waals surface area (Å²) in [4.78, 5) is 1.50. The van der Waals surface area contributed by atoms with Gasteiger partial charge in [0.2, 0.25) is 0 Å². The van der Waals surface area contributed by atoms with Crippen molar-refractivity contribution >= 4 is 21.5 Å². The van der Waals surface area contributed by atoms with Crippen LogP contribution in [0.1, 0.15) is 25.7 Å². The molecule has 0 atom stereocenters. The van der Waals surface area contributed by atoms with E-state index in [4.69, 9.17) is 0 Å². The smallest absolute Gasteiger partial charge is 0.264 e. The first-order valence-electron chi connectivity index (χ1n) is 10.1. The first-order chi connectivity index (χ1) is 14.9. The van der Waals surface area contributed by atoms with Crippen molar-refractivity contribution in [1.29, 1.82) is 0 Å². The second kappa shape index (κ2) is 8.97. The van der Waals surface area contributed by atoms with E-state index in [1.54, 1.807) is 12.1 Å². The molecule has 0 amide bonds. The molecule has 1 fully saturated rings. The Morgan fingerprint density at radius 1 is 0.839 bits per heavy atom. The number of aromatic nitrogens is 2. The third kappa shape index (κ3) is 4.99. The molecule has 3 aromatic rings. The predicted octanol–water partition coefficient (Wildman–Crippen LogP) is 4.60. The van der Waals surface area contributed by atoms with Crippen LogP contribution in [0, 0.1) is 11.6 Å². The fourth-order valence-electron chi connectivity index (χ4n) is 3.55. The zero-order valence-corrected chi connectivity index (χ0v) is 17.6. The first-order valence-corrected chi connectivity index (χ1v) is 11.6. The van der Waals surface area contributed by atoms with E-state index >= 15 is 0 Å². The molecule has 2 aromatic carbocycles. The highest BCUT2D eigenvalue weighted by atomic mass is 32.2. The maximum atomic E-state index is 13.8. The number of nitrogens with zero attached hydrogens (tertiary/aromatic N) is 3. The molecule has 2 heterocycles. The Bertz CT molecular complexity index is 1150. The molecule has 0 radical (unpaired) electrons. The molecule has 31 heavy (non-hydrogen) atoms. The largest absolute Gasteiger partial charge is 0.355 e. The summed E-state index contributed by atoms with van der Waals surface area (Å²) in [5, 5.41) is 8.65. The van der Waals surface area contributed by atoms with Gasteiger partial charge in [-0.15, -0.1) is 10.2 Å². The molecular weight excluding hydrogens is 422 g/mol. The zero-order valence-electron chi connectivity index (χ0n) is 16.8. The second-order valence-electron chi connectivity index (χ2n) is 7.44. The zero-order chi connectivity index (χ0) is 21.8. The van der Waals surface area contributed by atoms with Crippen LogP contribution in [0.15, 0.2) is 59.5 Å². The van der Waals surface area contributed by atoms with Crippen LogP contribution >= 0.6 is 0 Å². The number of anilines is 2. The van der Waals surface area contributed by atoms with Gasteiger partial charge >= 0.3 is 0 Å². The molecule has 1 aromatic heterocycles. The van der Waals surface area contributed by atoms with Crippen LogP contribution in [-0.2, 0) is 10.0 Å². The van der Waals surface area contributed by atoms with E-state index in [9.17, 15) is 17.2 Å². The molecule has 0 aliphatic carbocycles. The van der Waals surface area contributed by atoms with Gasteiger partial charge in [-0.2, -0.15) is 0 Å². The van der Waals surface area contributed by atoms with E-state index in [1.165, 1.54) is 25.0 Å². The Hall–Kier alpha value is -3.07. The predicted molar refractivity (Wildman–Crippen MR) is 115 cm³/mol. The minimum Gasteiger partial charge on any atom is -0.355 e. The normalized spacial score (nSPS) is 14.8. The molecule has 1 saturated heterocycles. The molecule has 0 spiro atoms. The van der Waals surface area contributed by atoms with Crippen molar-refractivity contribution in [2.75, 3.05) is 22.7 Å². The lowest BCUT2D eigenvalue weighted by atomic mass is 10.1. The van der Waals surface area contributed by atoms with E-state index in [-0.39, 0.29) is 5.69 Å². The van der Waals surface area contributed by atoms with Crippen molar-refractivity contribution in [3.8, 4) is 11.3 Å². The molecule has 9 heteroatoms. The van der Waals surface area contributed by atoms with Gasteiger partial charge in [-0.1, -0.05) is 25.0 Å². The number of nitrogens with one attached hydrogen (secondary N) is 1. The third-order valence-corrected chi connectivity index (χ3v) is 6.59. The van der Waals surface area contributed by atoms with Crippen molar-refractivity contribution in [2.24, 2.45) is 0 Å². The number of hydrogen-bond donors (Lipinski definition) is 1. The van der Waals surface area contributed by atoms with E-state index in [0.29, 0.717) is 11.8 Å². The summed E-state index contributed by atoms with van der Waals surface area (Å²) in [6.45, 7) is 1.96. The highest BCUT2D eigenvalue weighted by molar-refractivity contribution is 7.92. The van der Waals surface area contributed by atoms with Crippen LogP contribution in [-0.4, -0.2) is 31.7 Å². The Kier molecular flexibility index (Phi) is 6.13. The lowest BCUT2D eigenvalue weighted by molar-refractivity contribution is 0.555. The summed E-state index contributed by atoms with van der Waals surface area (Å²) < 4.78 is 54.2. The van der Waals surface area contributed by atoms with Crippen molar-refractivity contribution in [3.63, 3.8) is 0 Å². The van der Waals surface area contributed by atoms with Crippen molar-refractivity contribution in [2.45, 2.75) is 30.6 Å². The second-order valence-corrected chi connectivity index (χ2v) is 9.09. The average Bonchev–Trinajstić information content (AvgIpc) is 3.05.